The largest absolute Gasteiger partial charge is 0.366 e. The summed E-state index contributed by atoms with van der Waals surface area (Å²) in [5, 5.41) is 4.78. The molecule has 1 heterocycles. The summed E-state index contributed by atoms with van der Waals surface area (Å²) in [6.45, 7) is 5.88. The van der Waals surface area contributed by atoms with Crippen LogP contribution in [-0.4, -0.2) is 28.0 Å². The highest BCUT2D eigenvalue weighted by atomic mass is 32.2. The van der Waals surface area contributed by atoms with E-state index in [9.17, 15) is 4.79 Å². The van der Waals surface area contributed by atoms with Crippen molar-refractivity contribution in [2.45, 2.75) is 12.1 Å². The maximum absolute atomic E-state index is 11.0. The molecule has 98 valence electrons. The van der Waals surface area contributed by atoms with Crippen LogP contribution in [-0.2, 0) is 4.79 Å². The molecule has 4 nitrogen and oxygen atoms in total. The fourth-order valence-electron chi connectivity index (χ4n) is 1.59. The summed E-state index contributed by atoms with van der Waals surface area (Å²) in [5.41, 5.74) is 0.870. The fourth-order valence-corrected chi connectivity index (χ4v) is 2.24. The Balaban J connectivity index is 2.37. The molecule has 1 N–H and O–H groups in total. The summed E-state index contributed by atoms with van der Waals surface area (Å²) in [5.74, 6) is 1.28. The van der Waals surface area contributed by atoms with Crippen molar-refractivity contribution in [3.63, 3.8) is 0 Å². The molecule has 1 aromatic heterocycles. The van der Waals surface area contributed by atoms with E-state index in [1.54, 1.807) is 13.0 Å². The van der Waals surface area contributed by atoms with Crippen LogP contribution in [0.5, 0.6) is 0 Å². The number of hydrogen-bond acceptors (Lipinski definition) is 5. The first-order valence-corrected chi connectivity index (χ1v) is 6.93. The molecule has 0 radical (unpaired) electrons. The van der Waals surface area contributed by atoms with Crippen LogP contribution >= 0.6 is 11.8 Å². The summed E-state index contributed by atoms with van der Waals surface area (Å²) < 4.78 is 0. The second kappa shape index (κ2) is 6.33. The third-order valence-electron chi connectivity index (χ3n) is 2.40. The van der Waals surface area contributed by atoms with Crippen LogP contribution in [0.2, 0.25) is 0 Å². The zero-order chi connectivity index (χ0) is 13.7. The molecule has 0 fully saturated rings. The lowest BCUT2D eigenvalue weighted by molar-refractivity contribution is -0.114. The molecule has 2 rings (SSSR count). The highest BCUT2D eigenvalue weighted by Gasteiger charge is 2.08. The summed E-state index contributed by atoms with van der Waals surface area (Å²) in [7, 11) is 0. The molecule has 0 aliphatic rings. The summed E-state index contributed by atoms with van der Waals surface area (Å²) in [6, 6.07) is 7.80. The van der Waals surface area contributed by atoms with E-state index in [1.165, 1.54) is 11.8 Å². The second-order valence-electron chi connectivity index (χ2n) is 4.03. The molecule has 0 amide bonds. The van der Waals surface area contributed by atoms with Crippen molar-refractivity contribution in [2.24, 2.45) is 0 Å². The number of Topliss-reactive ketones (excluding diaryl/α,β-unsaturated/α-hetero) is 1. The number of anilines is 1. The van der Waals surface area contributed by atoms with Gasteiger partial charge in [-0.25, -0.2) is 9.97 Å². The van der Waals surface area contributed by atoms with Gasteiger partial charge in [0.25, 0.3) is 0 Å². The lowest BCUT2D eigenvalue weighted by atomic mass is 10.2. The number of fused-ring (bicyclic) bond motifs is 1. The van der Waals surface area contributed by atoms with Crippen molar-refractivity contribution in [3.8, 4) is 0 Å². The SMILES string of the molecule is C=CCNc1nc(SCC(C)=O)nc2ccccc12. The van der Waals surface area contributed by atoms with Crippen LogP contribution < -0.4 is 5.32 Å². The van der Waals surface area contributed by atoms with Gasteiger partial charge in [-0.3, -0.25) is 4.79 Å². The molecule has 0 aliphatic heterocycles. The van der Waals surface area contributed by atoms with Crippen LogP contribution in [0.1, 0.15) is 6.92 Å². The first-order valence-electron chi connectivity index (χ1n) is 5.94. The molecule has 0 saturated heterocycles. The molecule has 0 spiro atoms. The van der Waals surface area contributed by atoms with Crippen molar-refractivity contribution in [2.75, 3.05) is 17.6 Å². The lowest BCUT2D eigenvalue weighted by Crippen LogP contribution is -2.04. The Bertz CT molecular complexity index is 613. The van der Waals surface area contributed by atoms with Crippen molar-refractivity contribution >= 4 is 34.3 Å². The minimum Gasteiger partial charge on any atom is -0.366 e. The van der Waals surface area contributed by atoms with E-state index >= 15 is 0 Å². The van der Waals surface area contributed by atoms with Gasteiger partial charge in [0.05, 0.1) is 11.3 Å². The van der Waals surface area contributed by atoms with E-state index in [-0.39, 0.29) is 5.78 Å². The number of nitrogens with one attached hydrogen (secondary N) is 1. The van der Waals surface area contributed by atoms with E-state index in [0.717, 1.165) is 16.7 Å². The Kier molecular flexibility index (Phi) is 4.52. The van der Waals surface area contributed by atoms with Crippen molar-refractivity contribution in [3.05, 3.63) is 36.9 Å². The number of hydrogen-bond donors (Lipinski definition) is 1. The lowest BCUT2D eigenvalue weighted by Gasteiger charge is -2.08. The van der Waals surface area contributed by atoms with Crippen molar-refractivity contribution in [1.82, 2.24) is 9.97 Å². The van der Waals surface area contributed by atoms with E-state index in [2.05, 4.69) is 21.9 Å². The zero-order valence-corrected chi connectivity index (χ0v) is 11.5. The van der Waals surface area contributed by atoms with Gasteiger partial charge in [-0.15, -0.1) is 6.58 Å². The van der Waals surface area contributed by atoms with Crippen molar-refractivity contribution in [1.29, 1.82) is 0 Å². The van der Waals surface area contributed by atoms with Gasteiger partial charge in [0.2, 0.25) is 0 Å². The smallest absolute Gasteiger partial charge is 0.190 e. The number of thioether (sulfide) groups is 1. The summed E-state index contributed by atoms with van der Waals surface area (Å²) >= 11 is 1.35. The molecule has 0 unspecified atom stereocenters. The Morgan fingerprint density at radius 2 is 2.21 bits per heavy atom. The van der Waals surface area contributed by atoms with Crippen molar-refractivity contribution < 1.29 is 4.79 Å². The average Bonchev–Trinajstić information content (AvgIpc) is 2.42. The minimum absolute atomic E-state index is 0.113. The van der Waals surface area contributed by atoms with Gasteiger partial charge in [0.1, 0.15) is 11.6 Å². The van der Waals surface area contributed by atoms with Gasteiger partial charge >= 0.3 is 0 Å². The van der Waals surface area contributed by atoms with E-state index in [4.69, 9.17) is 0 Å². The zero-order valence-electron chi connectivity index (χ0n) is 10.7. The third kappa shape index (κ3) is 3.54. The Morgan fingerprint density at radius 1 is 1.42 bits per heavy atom. The summed E-state index contributed by atoms with van der Waals surface area (Å²) in [6.07, 6.45) is 1.78. The van der Waals surface area contributed by atoms with Gasteiger partial charge < -0.3 is 5.32 Å². The first kappa shape index (κ1) is 13.5. The van der Waals surface area contributed by atoms with Gasteiger partial charge in [-0.05, 0) is 19.1 Å². The molecular weight excluding hydrogens is 258 g/mol. The normalized spacial score (nSPS) is 10.4. The molecule has 5 heteroatoms. The molecule has 0 saturated carbocycles. The number of rotatable bonds is 6. The molecule has 1 aromatic carbocycles. The molecule has 0 aliphatic carbocycles. The highest BCUT2D eigenvalue weighted by Crippen LogP contribution is 2.24. The van der Waals surface area contributed by atoms with E-state index < -0.39 is 0 Å². The Labute approximate surface area is 116 Å². The molecule has 19 heavy (non-hydrogen) atoms. The maximum Gasteiger partial charge on any atom is 0.190 e. The van der Waals surface area contributed by atoms with Crippen LogP contribution in [0.4, 0.5) is 5.82 Å². The summed E-state index contributed by atoms with van der Waals surface area (Å²) in [4.78, 5) is 19.9. The molecule has 0 atom stereocenters. The average molecular weight is 273 g/mol. The van der Waals surface area contributed by atoms with Crippen LogP contribution in [0.15, 0.2) is 42.1 Å². The number of carbonyl (C=O) groups excluding carboxylic acids is 1. The van der Waals surface area contributed by atoms with Crippen LogP contribution in [0.3, 0.4) is 0 Å². The number of para-hydroxylation sites is 1. The number of benzene rings is 1. The third-order valence-corrected chi connectivity index (χ3v) is 3.39. The second-order valence-corrected chi connectivity index (χ2v) is 4.97. The van der Waals surface area contributed by atoms with Gasteiger partial charge in [-0.1, -0.05) is 30.0 Å². The monoisotopic (exact) mass is 273 g/mol. The molecular formula is C14H15N3OS. The quantitative estimate of drug-likeness (QED) is 0.498. The topological polar surface area (TPSA) is 54.9 Å². The fraction of sp³-hybridized carbons (Fsp3) is 0.214. The van der Waals surface area contributed by atoms with Gasteiger partial charge in [0.15, 0.2) is 5.16 Å². The van der Waals surface area contributed by atoms with Crippen LogP contribution in [0.25, 0.3) is 10.9 Å². The Morgan fingerprint density at radius 3 is 2.95 bits per heavy atom. The maximum atomic E-state index is 11.0. The van der Waals surface area contributed by atoms with E-state index in [1.807, 2.05) is 24.3 Å². The number of nitrogens with zero attached hydrogens (tertiary/aromatic N) is 2. The number of carbonyl (C=O) groups is 1. The van der Waals surface area contributed by atoms with E-state index in [0.29, 0.717) is 17.5 Å². The minimum atomic E-state index is 0.113. The Hall–Kier alpha value is -1.88. The highest BCUT2D eigenvalue weighted by molar-refractivity contribution is 7.99. The standard InChI is InChI=1S/C14H15N3OS/c1-3-8-15-13-11-6-4-5-7-12(11)16-14(17-13)19-9-10(2)18/h3-7H,1,8-9H2,2H3,(H,15,16,17). The number of aromatic nitrogens is 2. The van der Waals surface area contributed by atoms with Gasteiger partial charge in [0, 0.05) is 11.9 Å². The molecule has 0 bridgehead atoms. The predicted molar refractivity (Wildman–Crippen MR) is 79.6 cm³/mol. The molecule has 2 aromatic rings. The van der Waals surface area contributed by atoms with Crippen LogP contribution in [0, 0.1) is 0 Å². The number of ketones is 1. The predicted octanol–water partition coefficient (Wildman–Crippen LogP) is 2.91. The van der Waals surface area contributed by atoms with Gasteiger partial charge in [-0.2, -0.15) is 0 Å². The first-order chi connectivity index (χ1) is 9.20.